The largest absolute Gasteiger partial charge is 0.375 e. The van der Waals surface area contributed by atoms with E-state index in [0.717, 1.165) is 23.5 Å². The molecule has 2 N–H and O–H groups in total. The molecule has 3 heterocycles. The average molecular weight is 341 g/mol. The number of nitrogens with two attached hydrogens (primary N) is 1. The van der Waals surface area contributed by atoms with Gasteiger partial charge in [-0.05, 0) is 12.8 Å². The van der Waals surface area contributed by atoms with Gasteiger partial charge in [0.15, 0.2) is 11.0 Å². The fourth-order valence-electron chi connectivity index (χ4n) is 3.20. The van der Waals surface area contributed by atoms with Crippen LogP contribution in [0.5, 0.6) is 0 Å². The first-order chi connectivity index (χ1) is 11.0. The van der Waals surface area contributed by atoms with Crippen molar-refractivity contribution in [1.82, 2.24) is 15.1 Å². The van der Waals surface area contributed by atoms with Crippen molar-refractivity contribution >= 4 is 22.5 Å². The minimum Gasteiger partial charge on any atom is -0.375 e. The van der Waals surface area contributed by atoms with E-state index in [0.29, 0.717) is 36.4 Å². The van der Waals surface area contributed by atoms with Crippen LogP contribution in [0.4, 0.5) is 19.9 Å². The quantitative estimate of drug-likeness (QED) is 0.904. The molecule has 1 aliphatic carbocycles. The number of aromatic nitrogens is 3. The molecule has 1 fully saturated rings. The van der Waals surface area contributed by atoms with E-state index in [-0.39, 0.29) is 18.8 Å². The van der Waals surface area contributed by atoms with Crippen LogP contribution >= 0.6 is 11.3 Å². The SMILES string of the molecule is Nc1nc2c(s1)CN(c1nc(C3CCC(F)(F)CC3)no1)CC2. The second-order valence-corrected chi connectivity index (χ2v) is 7.27. The van der Waals surface area contributed by atoms with Crippen molar-refractivity contribution in [2.45, 2.75) is 50.5 Å². The molecule has 6 nitrogen and oxygen atoms in total. The summed E-state index contributed by atoms with van der Waals surface area (Å²) in [5.41, 5.74) is 6.78. The Morgan fingerprint density at radius 3 is 2.83 bits per heavy atom. The Morgan fingerprint density at radius 1 is 1.26 bits per heavy atom. The Morgan fingerprint density at radius 2 is 2.04 bits per heavy atom. The minimum atomic E-state index is -2.54. The van der Waals surface area contributed by atoms with Gasteiger partial charge in [-0.1, -0.05) is 5.16 Å². The Bertz CT molecular complexity index is 706. The number of alkyl halides is 2. The molecule has 0 unspecified atom stereocenters. The monoisotopic (exact) mass is 341 g/mol. The zero-order valence-electron chi connectivity index (χ0n) is 12.5. The van der Waals surface area contributed by atoms with Crippen LogP contribution in [0.2, 0.25) is 0 Å². The first kappa shape index (κ1) is 14.8. The topological polar surface area (TPSA) is 81.1 Å². The van der Waals surface area contributed by atoms with Crippen LogP contribution in [0.1, 0.15) is 48.0 Å². The van der Waals surface area contributed by atoms with Gasteiger partial charge in [-0.15, -0.1) is 11.3 Å². The van der Waals surface area contributed by atoms with Crippen LogP contribution in [0, 0.1) is 0 Å². The maximum Gasteiger partial charge on any atom is 0.324 e. The molecule has 0 spiro atoms. The second kappa shape index (κ2) is 5.40. The van der Waals surface area contributed by atoms with Gasteiger partial charge in [0, 0.05) is 36.6 Å². The van der Waals surface area contributed by atoms with E-state index in [4.69, 9.17) is 10.3 Å². The third kappa shape index (κ3) is 2.89. The van der Waals surface area contributed by atoms with Crippen LogP contribution in [-0.2, 0) is 13.0 Å². The summed E-state index contributed by atoms with van der Waals surface area (Å²) < 4.78 is 31.9. The first-order valence-corrected chi connectivity index (χ1v) is 8.52. The lowest BCUT2D eigenvalue weighted by Crippen LogP contribution is -2.30. The van der Waals surface area contributed by atoms with Crippen molar-refractivity contribution in [2.75, 3.05) is 17.2 Å². The Labute approximate surface area is 135 Å². The van der Waals surface area contributed by atoms with E-state index in [9.17, 15) is 8.78 Å². The van der Waals surface area contributed by atoms with Crippen molar-refractivity contribution in [3.05, 3.63) is 16.4 Å². The fourth-order valence-corrected chi connectivity index (χ4v) is 4.09. The van der Waals surface area contributed by atoms with Crippen molar-refractivity contribution in [3.8, 4) is 0 Å². The molecule has 0 amide bonds. The molecule has 1 saturated carbocycles. The summed E-state index contributed by atoms with van der Waals surface area (Å²) in [5, 5.41) is 4.59. The minimum absolute atomic E-state index is 0.0356. The van der Waals surface area contributed by atoms with Crippen LogP contribution in [0.3, 0.4) is 0 Å². The number of nitrogens with zero attached hydrogens (tertiary/aromatic N) is 4. The molecular weight excluding hydrogens is 324 g/mol. The molecule has 4 rings (SSSR count). The van der Waals surface area contributed by atoms with Crippen LogP contribution in [0.25, 0.3) is 0 Å². The highest BCUT2D eigenvalue weighted by atomic mass is 32.1. The molecule has 0 radical (unpaired) electrons. The molecule has 124 valence electrons. The molecule has 0 aromatic carbocycles. The van der Waals surface area contributed by atoms with Crippen molar-refractivity contribution in [1.29, 1.82) is 0 Å². The zero-order chi connectivity index (χ0) is 16.0. The number of hydrogen-bond donors (Lipinski definition) is 1. The number of hydrogen-bond acceptors (Lipinski definition) is 7. The molecule has 9 heteroatoms. The summed E-state index contributed by atoms with van der Waals surface area (Å²) in [6.07, 6.45) is 1.39. The van der Waals surface area contributed by atoms with E-state index in [1.165, 1.54) is 11.3 Å². The van der Waals surface area contributed by atoms with Gasteiger partial charge in [-0.25, -0.2) is 13.8 Å². The molecular formula is C14H17F2N5OS. The summed E-state index contributed by atoms with van der Waals surface area (Å²) in [6.45, 7) is 1.38. The van der Waals surface area contributed by atoms with E-state index >= 15 is 0 Å². The van der Waals surface area contributed by atoms with Gasteiger partial charge in [0.1, 0.15) is 0 Å². The van der Waals surface area contributed by atoms with Crippen LogP contribution in [0.15, 0.2) is 4.52 Å². The van der Waals surface area contributed by atoms with Gasteiger partial charge < -0.3 is 15.2 Å². The molecule has 23 heavy (non-hydrogen) atoms. The number of anilines is 2. The third-order valence-electron chi connectivity index (χ3n) is 4.53. The lowest BCUT2D eigenvalue weighted by Gasteiger charge is -2.26. The maximum atomic E-state index is 13.2. The maximum absolute atomic E-state index is 13.2. The Hall–Kier alpha value is -1.77. The molecule has 0 bridgehead atoms. The number of fused-ring (bicyclic) bond motifs is 1. The second-order valence-electron chi connectivity index (χ2n) is 6.16. The van der Waals surface area contributed by atoms with Crippen LogP contribution < -0.4 is 10.6 Å². The lowest BCUT2D eigenvalue weighted by atomic mass is 9.86. The van der Waals surface area contributed by atoms with Crippen molar-refractivity contribution in [3.63, 3.8) is 0 Å². The summed E-state index contributed by atoms with van der Waals surface area (Å²) >= 11 is 1.48. The highest BCUT2D eigenvalue weighted by Gasteiger charge is 2.37. The Kier molecular flexibility index (Phi) is 3.47. The Balaban J connectivity index is 1.46. The smallest absolute Gasteiger partial charge is 0.324 e. The van der Waals surface area contributed by atoms with Gasteiger partial charge in [0.25, 0.3) is 0 Å². The normalized spacial score (nSPS) is 21.4. The summed E-state index contributed by atoms with van der Waals surface area (Å²) in [4.78, 5) is 11.9. The number of halogens is 2. The third-order valence-corrected chi connectivity index (χ3v) is 5.44. The average Bonchev–Trinajstić information content (AvgIpc) is 3.11. The van der Waals surface area contributed by atoms with Gasteiger partial charge in [-0.3, -0.25) is 0 Å². The van der Waals surface area contributed by atoms with Crippen LogP contribution in [-0.4, -0.2) is 27.6 Å². The van der Waals surface area contributed by atoms with E-state index in [2.05, 4.69) is 15.1 Å². The molecule has 0 saturated heterocycles. The number of rotatable bonds is 2. The van der Waals surface area contributed by atoms with Crippen molar-refractivity contribution < 1.29 is 13.3 Å². The molecule has 2 aromatic heterocycles. The predicted molar refractivity (Wildman–Crippen MR) is 81.7 cm³/mol. The molecule has 0 atom stereocenters. The van der Waals surface area contributed by atoms with E-state index in [1.54, 1.807) is 0 Å². The van der Waals surface area contributed by atoms with Gasteiger partial charge >= 0.3 is 6.01 Å². The molecule has 2 aliphatic rings. The zero-order valence-corrected chi connectivity index (χ0v) is 13.3. The highest BCUT2D eigenvalue weighted by Crippen LogP contribution is 2.40. The lowest BCUT2D eigenvalue weighted by molar-refractivity contribution is -0.0389. The van der Waals surface area contributed by atoms with Gasteiger partial charge in [-0.2, -0.15) is 4.98 Å². The van der Waals surface area contributed by atoms with E-state index < -0.39 is 5.92 Å². The molecule has 2 aromatic rings. The predicted octanol–water partition coefficient (Wildman–Crippen LogP) is 2.96. The first-order valence-electron chi connectivity index (χ1n) is 7.71. The van der Waals surface area contributed by atoms with Crippen molar-refractivity contribution in [2.24, 2.45) is 0 Å². The van der Waals surface area contributed by atoms with Gasteiger partial charge in [0.05, 0.1) is 12.2 Å². The fraction of sp³-hybridized carbons (Fsp3) is 0.643. The summed E-state index contributed by atoms with van der Waals surface area (Å²) in [5.74, 6) is -2.03. The standard InChI is InChI=1S/C14H17F2N5OS/c15-14(16)4-1-8(2-5-14)11-19-13(22-20-11)21-6-3-9-10(7-21)23-12(17)18-9/h8H,1-7H2,(H2,17,18). The highest BCUT2D eigenvalue weighted by molar-refractivity contribution is 7.15. The number of nitrogen functional groups attached to an aromatic ring is 1. The summed E-state index contributed by atoms with van der Waals surface area (Å²) in [6, 6.07) is 0.454. The molecule has 1 aliphatic heterocycles. The van der Waals surface area contributed by atoms with Gasteiger partial charge in [0.2, 0.25) is 5.92 Å². The summed E-state index contributed by atoms with van der Waals surface area (Å²) in [7, 11) is 0. The number of thiazole rings is 1. The van der Waals surface area contributed by atoms with E-state index in [1.807, 2.05) is 4.90 Å².